The van der Waals surface area contributed by atoms with Gasteiger partial charge < -0.3 is 5.32 Å². The van der Waals surface area contributed by atoms with E-state index in [-0.39, 0.29) is 11.5 Å². The molecule has 0 spiro atoms. The summed E-state index contributed by atoms with van der Waals surface area (Å²) in [6, 6.07) is 2.52. The fraction of sp³-hybridized carbons (Fsp3) is 0.900. The van der Waals surface area contributed by atoms with Gasteiger partial charge in [0, 0.05) is 41.8 Å². The van der Waals surface area contributed by atoms with Crippen LogP contribution >= 0.6 is 0 Å². The molecule has 1 fully saturated rings. The normalized spacial score (nSPS) is 22.4. The summed E-state index contributed by atoms with van der Waals surface area (Å²) in [6.45, 7) is 2.95. The van der Waals surface area contributed by atoms with Gasteiger partial charge in [0.05, 0.1) is 6.07 Å². The predicted octanol–water partition coefficient (Wildman–Crippen LogP) is 1.04. The van der Waals surface area contributed by atoms with Crippen LogP contribution in [0.2, 0.25) is 0 Å². The molecular formula is C10H18N2OS. The zero-order valence-electron chi connectivity index (χ0n) is 8.88. The molecule has 1 rings (SSSR count). The second-order valence-electron chi connectivity index (χ2n) is 4.36. The molecule has 1 aliphatic carbocycles. The van der Waals surface area contributed by atoms with Gasteiger partial charge in [0.1, 0.15) is 0 Å². The summed E-state index contributed by atoms with van der Waals surface area (Å²) in [5.74, 6) is 0.697. The zero-order valence-corrected chi connectivity index (χ0v) is 9.69. The third-order valence-corrected chi connectivity index (χ3v) is 3.69. The number of rotatable bonds is 6. The van der Waals surface area contributed by atoms with Crippen molar-refractivity contribution in [3.8, 4) is 6.07 Å². The maximum absolute atomic E-state index is 10.9. The Morgan fingerprint density at radius 2 is 2.29 bits per heavy atom. The van der Waals surface area contributed by atoms with Crippen molar-refractivity contribution in [2.75, 3.05) is 18.6 Å². The van der Waals surface area contributed by atoms with Crippen molar-refractivity contribution < 1.29 is 4.21 Å². The monoisotopic (exact) mass is 214 g/mol. The summed E-state index contributed by atoms with van der Waals surface area (Å²) in [4.78, 5) is 0. The third kappa shape index (κ3) is 3.77. The van der Waals surface area contributed by atoms with Gasteiger partial charge in [0.2, 0.25) is 0 Å². The standard InChI is InChI=1S/C10H18N2OS/c1-9(7-14(2)13)12-8-10(3-4-10)5-6-11/h9,12H,3-5,7-8H2,1-2H3. The Balaban J connectivity index is 2.20. The van der Waals surface area contributed by atoms with Gasteiger partial charge in [-0.25, -0.2) is 0 Å². The zero-order chi connectivity index (χ0) is 10.6. The van der Waals surface area contributed by atoms with Crippen LogP contribution in [0.3, 0.4) is 0 Å². The molecule has 80 valence electrons. The molecule has 2 unspecified atom stereocenters. The molecule has 0 heterocycles. The van der Waals surface area contributed by atoms with E-state index in [0.717, 1.165) is 19.4 Å². The first-order valence-electron chi connectivity index (χ1n) is 4.98. The Labute approximate surface area is 88.3 Å². The Morgan fingerprint density at radius 1 is 1.64 bits per heavy atom. The summed E-state index contributed by atoms with van der Waals surface area (Å²) in [5.41, 5.74) is 0.248. The van der Waals surface area contributed by atoms with Crippen LogP contribution in [0.15, 0.2) is 0 Å². The minimum Gasteiger partial charge on any atom is -0.313 e. The van der Waals surface area contributed by atoms with E-state index in [1.807, 2.05) is 6.92 Å². The summed E-state index contributed by atoms with van der Waals surface area (Å²) in [6.07, 6.45) is 4.70. The van der Waals surface area contributed by atoms with Crippen molar-refractivity contribution in [1.29, 1.82) is 5.26 Å². The van der Waals surface area contributed by atoms with Gasteiger partial charge in [0.15, 0.2) is 0 Å². The Morgan fingerprint density at radius 3 is 2.71 bits per heavy atom. The maximum Gasteiger partial charge on any atom is 0.0628 e. The van der Waals surface area contributed by atoms with Crippen LogP contribution in [0.1, 0.15) is 26.2 Å². The van der Waals surface area contributed by atoms with E-state index in [9.17, 15) is 4.21 Å². The SMILES string of the molecule is CC(CS(C)=O)NCC1(CC#N)CC1. The van der Waals surface area contributed by atoms with Crippen LogP contribution in [-0.2, 0) is 10.8 Å². The number of nitriles is 1. The Hall–Kier alpha value is -0.400. The summed E-state index contributed by atoms with van der Waals surface area (Å²) in [5, 5.41) is 12.0. The average molecular weight is 214 g/mol. The smallest absolute Gasteiger partial charge is 0.0628 e. The molecule has 0 bridgehead atoms. The minimum atomic E-state index is -0.735. The van der Waals surface area contributed by atoms with Crippen molar-refractivity contribution in [3.63, 3.8) is 0 Å². The summed E-state index contributed by atoms with van der Waals surface area (Å²) in [7, 11) is -0.735. The molecular weight excluding hydrogens is 196 g/mol. The summed E-state index contributed by atoms with van der Waals surface area (Å²) < 4.78 is 10.9. The Bertz CT molecular complexity index is 255. The van der Waals surface area contributed by atoms with Gasteiger partial charge in [-0.15, -0.1) is 0 Å². The van der Waals surface area contributed by atoms with Gasteiger partial charge in [-0.1, -0.05) is 0 Å². The van der Waals surface area contributed by atoms with Crippen LogP contribution in [0.4, 0.5) is 0 Å². The molecule has 0 aromatic rings. The topological polar surface area (TPSA) is 52.9 Å². The quantitative estimate of drug-likeness (QED) is 0.718. The molecule has 1 aliphatic rings. The number of nitrogens with one attached hydrogen (secondary N) is 1. The van der Waals surface area contributed by atoms with E-state index < -0.39 is 10.8 Å². The van der Waals surface area contributed by atoms with Gasteiger partial charge >= 0.3 is 0 Å². The number of hydrogen-bond donors (Lipinski definition) is 1. The highest BCUT2D eigenvalue weighted by Gasteiger charge is 2.42. The highest BCUT2D eigenvalue weighted by molar-refractivity contribution is 7.84. The first-order valence-corrected chi connectivity index (χ1v) is 6.71. The van der Waals surface area contributed by atoms with Crippen LogP contribution in [0.5, 0.6) is 0 Å². The van der Waals surface area contributed by atoms with Crippen molar-refractivity contribution in [3.05, 3.63) is 0 Å². The van der Waals surface area contributed by atoms with Crippen molar-refractivity contribution in [1.82, 2.24) is 5.32 Å². The molecule has 14 heavy (non-hydrogen) atoms. The predicted molar refractivity (Wildman–Crippen MR) is 58.3 cm³/mol. The molecule has 4 heteroatoms. The molecule has 1 N–H and O–H groups in total. The van der Waals surface area contributed by atoms with Crippen molar-refractivity contribution >= 4 is 10.8 Å². The average Bonchev–Trinajstić information content (AvgIpc) is 2.82. The van der Waals surface area contributed by atoms with Crippen molar-refractivity contribution in [2.24, 2.45) is 5.41 Å². The lowest BCUT2D eigenvalue weighted by Gasteiger charge is -2.17. The van der Waals surface area contributed by atoms with Crippen LogP contribution in [0.25, 0.3) is 0 Å². The van der Waals surface area contributed by atoms with E-state index in [0.29, 0.717) is 12.2 Å². The largest absolute Gasteiger partial charge is 0.313 e. The molecule has 0 aromatic heterocycles. The second-order valence-corrected chi connectivity index (χ2v) is 5.84. The fourth-order valence-electron chi connectivity index (χ4n) is 1.56. The van der Waals surface area contributed by atoms with Crippen LogP contribution in [0, 0.1) is 16.7 Å². The third-order valence-electron chi connectivity index (χ3n) is 2.72. The Kier molecular flexibility index (Phi) is 4.09. The van der Waals surface area contributed by atoms with Gasteiger partial charge in [-0.2, -0.15) is 5.26 Å². The van der Waals surface area contributed by atoms with Gasteiger partial charge in [-0.3, -0.25) is 4.21 Å². The lowest BCUT2D eigenvalue weighted by molar-refractivity contribution is 0.440. The molecule has 2 atom stereocenters. The van der Waals surface area contributed by atoms with E-state index in [1.165, 1.54) is 0 Å². The molecule has 0 saturated heterocycles. The van der Waals surface area contributed by atoms with Crippen LogP contribution in [-0.4, -0.2) is 28.8 Å². The summed E-state index contributed by atoms with van der Waals surface area (Å²) >= 11 is 0. The maximum atomic E-state index is 10.9. The van der Waals surface area contributed by atoms with E-state index >= 15 is 0 Å². The molecule has 0 aliphatic heterocycles. The van der Waals surface area contributed by atoms with Gasteiger partial charge in [0.25, 0.3) is 0 Å². The van der Waals surface area contributed by atoms with Gasteiger partial charge in [-0.05, 0) is 25.2 Å². The van der Waals surface area contributed by atoms with E-state index in [4.69, 9.17) is 5.26 Å². The lowest BCUT2D eigenvalue weighted by atomic mass is 10.0. The van der Waals surface area contributed by atoms with E-state index in [1.54, 1.807) is 6.26 Å². The van der Waals surface area contributed by atoms with Crippen molar-refractivity contribution in [2.45, 2.75) is 32.2 Å². The number of nitrogens with zero attached hydrogens (tertiary/aromatic N) is 1. The molecule has 1 saturated carbocycles. The molecule has 3 nitrogen and oxygen atoms in total. The minimum absolute atomic E-state index is 0.248. The highest BCUT2D eigenvalue weighted by atomic mass is 32.2. The lowest BCUT2D eigenvalue weighted by Crippen LogP contribution is -2.35. The fourth-order valence-corrected chi connectivity index (χ4v) is 2.38. The second kappa shape index (κ2) is 4.90. The molecule has 0 aromatic carbocycles. The van der Waals surface area contributed by atoms with E-state index in [2.05, 4.69) is 11.4 Å². The highest BCUT2D eigenvalue weighted by Crippen LogP contribution is 2.47. The molecule has 0 radical (unpaired) electrons. The first-order chi connectivity index (χ1) is 6.58. The molecule has 0 amide bonds. The van der Waals surface area contributed by atoms with Crippen LogP contribution < -0.4 is 5.32 Å². The first kappa shape index (κ1) is 11.7. The number of hydrogen-bond acceptors (Lipinski definition) is 3.